The number of carbonyl (C=O) groups is 1. The third kappa shape index (κ3) is 5.42. The number of rotatable bonds is 4. The molecule has 0 spiro atoms. The summed E-state index contributed by atoms with van der Waals surface area (Å²) in [6.07, 6.45) is 3.35. The van der Waals surface area contributed by atoms with Crippen molar-refractivity contribution in [3.63, 3.8) is 0 Å². The van der Waals surface area contributed by atoms with Gasteiger partial charge in [-0.2, -0.15) is 0 Å². The topological polar surface area (TPSA) is 67.8 Å². The summed E-state index contributed by atoms with van der Waals surface area (Å²) in [4.78, 5) is 24.9. The Morgan fingerprint density at radius 1 is 1.18 bits per heavy atom. The highest BCUT2D eigenvalue weighted by Crippen LogP contribution is 2.21. The van der Waals surface area contributed by atoms with E-state index in [1.165, 1.54) is 0 Å². The molecule has 28 heavy (non-hydrogen) atoms. The molecule has 0 saturated carbocycles. The summed E-state index contributed by atoms with van der Waals surface area (Å²) in [6, 6.07) is 8.04. The first kappa shape index (κ1) is 20.1. The standard InChI is InChI=1S/C21H28N4O3/c1-21(2,3)28-20(26)24(4)15-16-6-5-7-17(12-16)18-13-22-19(23-14-18)25-8-10-27-11-9-25/h5-7,12-14H,8-11,15H2,1-4H3. The quantitative estimate of drug-likeness (QED) is 0.805. The van der Waals surface area contributed by atoms with Crippen molar-refractivity contribution in [1.82, 2.24) is 14.9 Å². The summed E-state index contributed by atoms with van der Waals surface area (Å²) in [6.45, 7) is 9.09. The fraction of sp³-hybridized carbons (Fsp3) is 0.476. The Hall–Kier alpha value is -2.67. The first-order valence-electron chi connectivity index (χ1n) is 9.50. The van der Waals surface area contributed by atoms with E-state index in [1.54, 1.807) is 11.9 Å². The Kier molecular flexibility index (Phi) is 6.14. The van der Waals surface area contributed by atoms with Gasteiger partial charge >= 0.3 is 6.09 Å². The largest absolute Gasteiger partial charge is 0.444 e. The summed E-state index contributed by atoms with van der Waals surface area (Å²) < 4.78 is 10.8. The van der Waals surface area contributed by atoms with Gasteiger partial charge in [-0.25, -0.2) is 14.8 Å². The van der Waals surface area contributed by atoms with Crippen LogP contribution in [0.3, 0.4) is 0 Å². The Morgan fingerprint density at radius 3 is 2.50 bits per heavy atom. The van der Waals surface area contributed by atoms with Crippen LogP contribution in [0.1, 0.15) is 26.3 Å². The second-order valence-electron chi connectivity index (χ2n) is 7.91. The Labute approximate surface area is 166 Å². The van der Waals surface area contributed by atoms with Gasteiger partial charge in [-0.05, 0) is 38.0 Å². The van der Waals surface area contributed by atoms with E-state index in [4.69, 9.17) is 9.47 Å². The second kappa shape index (κ2) is 8.56. The lowest BCUT2D eigenvalue weighted by Crippen LogP contribution is -2.37. The summed E-state index contributed by atoms with van der Waals surface area (Å²) in [5.74, 6) is 0.730. The lowest BCUT2D eigenvalue weighted by molar-refractivity contribution is 0.0285. The minimum Gasteiger partial charge on any atom is -0.444 e. The molecule has 7 nitrogen and oxygen atoms in total. The summed E-state index contributed by atoms with van der Waals surface area (Å²) in [7, 11) is 1.74. The van der Waals surface area contributed by atoms with E-state index in [9.17, 15) is 4.79 Å². The first-order chi connectivity index (χ1) is 13.3. The number of hydrogen-bond acceptors (Lipinski definition) is 6. The highest BCUT2D eigenvalue weighted by Gasteiger charge is 2.20. The van der Waals surface area contributed by atoms with Gasteiger partial charge in [0.15, 0.2) is 0 Å². The second-order valence-corrected chi connectivity index (χ2v) is 7.91. The van der Waals surface area contributed by atoms with Crippen LogP contribution in [-0.4, -0.2) is 59.9 Å². The van der Waals surface area contributed by atoms with Gasteiger partial charge in [-0.1, -0.05) is 18.2 Å². The normalized spacial score (nSPS) is 14.6. The van der Waals surface area contributed by atoms with Crippen LogP contribution in [0, 0.1) is 0 Å². The van der Waals surface area contributed by atoms with Crippen molar-refractivity contribution in [2.75, 3.05) is 38.3 Å². The van der Waals surface area contributed by atoms with E-state index in [0.717, 1.165) is 35.7 Å². The zero-order valence-corrected chi connectivity index (χ0v) is 17.0. The molecule has 1 aromatic heterocycles. The minimum atomic E-state index is -0.507. The molecule has 1 aliphatic rings. The smallest absolute Gasteiger partial charge is 0.410 e. The van der Waals surface area contributed by atoms with E-state index in [0.29, 0.717) is 19.8 Å². The summed E-state index contributed by atoms with van der Waals surface area (Å²) in [5, 5.41) is 0. The highest BCUT2D eigenvalue weighted by molar-refractivity contribution is 5.68. The zero-order valence-electron chi connectivity index (χ0n) is 17.0. The van der Waals surface area contributed by atoms with E-state index in [2.05, 4.69) is 14.9 Å². The van der Waals surface area contributed by atoms with Gasteiger partial charge in [0.1, 0.15) is 5.60 Å². The molecule has 150 valence electrons. The summed E-state index contributed by atoms with van der Waals surface area (Å²) in [5.41, 5.74) is 2.47. The molecule has 0 N–H and O–H groups in total. The van der Waals surface area contributed by atoms with Crippen LogP contribution in [0.2, 0.25) is 0 Å². The average Bonchev–Trinajstić information content (AvgIpc) is 2.68. The van der Waals surface area contributed by atoms with Gasteiger partial charge in [0.05, 0.1) is 13.2 Å². The van der Waals surface area contributed by atoms with E-state index < -0.39 is 5.60 Å². The molecule has 3 rings (SSSR count). The van der Waals surface area contributed by atoms with Crippen molar-refractivity contribution in [1.29, 1.82) is 0 Å². The predicted octanol–water partition coefficient (Wildman–Crippen LogP) is 3.35. The molecule has 0 unspecified atom stereocenters. The number of morpholine rings is 1. The Balaban J connectivity index is 1.68. The van der Waals surface area contributed by atoms with Crippen molar-refractivity contribution < 1.29 is 14.3 Å². The van der Waals surface area contributed by atoms with Gasteiger partial charge in [-0.15, -0.1) is 0 Å². The van der Waals surface area contributed by atoms with Crippen LogP contribution >= 0.6 is 0 Å². The van der Waals surface area contributed by atoms with Crippen molar-refractivity contribution in [2.45, 2.75) is 32.9 Å². The molecule has 0 radical (unpaired) electrons. The lowest BCUT2D eigenvalue weighted by atomic mass is 10.1. The fourth-order valence-corrected chi connectivity index (χ4v) is 2.92. The van der Waals surface area contributed by atoms with Crippen LogP contribution in [0.25, 0.3) is 11.1 Å². The van der Waals surface area contributed by atoms with Crippen molar-refractivity contribution in [3.05, 3.63) is 42.2 Å². The molecule has 2 heterocycles. The maximum absolute atomic E-state index is 12.2. The van der Waals surface area contributed by atoms with E-state index in [1.807, 2.05) is 57.4 Å². The number of amides is 1. The third-order valence-electron chi connectivity index (χ3n) is 4.32. The maximum atomic E-state index is 12.2. The minimum absolute atomic E-state index is 0.337. The molecule has 1 aliphatic heterocycles. The number of carbonyl (C=O) groups excluding carboxylic acids is 1. The van der Waals surface area contributed by atoms with Crippen LogP contribution < -0.4 is 4.90 Å². The molecule has 0 bridgehead atoms. The van der Waals surface area contributed by atoms with E-state index in [-0.39, 0.29) is 6.09 Å². The molecule has 0 atom stereocenters. The molecule has 1 aromatic carbocycles. The maximum Gasteiger partial charge on any atom is 0.410 e. The van der Waals surface area contributed by atoms with E-state index >= 15 is 0 Å². The Bertz CT molecular complexity index is 796. The number of aromatic nitrogens is 2. The zero-order chi connectivity index (χ0) is 20.1. The predicted molar refractivity (Wildman–Crippen MR) is 108 cm³/mol. The van der Waals surface area contributed by atoms with Gasteiger partial charge in [-0.3, -0.25) is 0 Å². The number of anilines is 1. The number of benzene rings is 1. The number of hydrogen-bond donors (Lipinski definition) is 0. The molecule has 0 aliphatic carbocycles. The van der Waals surface area contributed by atoms with Crippen LogP contribution in [0.4, 0.5) is 10.7 Å². The molecule has 7 heteroatoms. The van der Waals surface area contributed by atoms with Crippen LogP contribution in [0.5, 0.6) is 0 Å². The highest BCUT2D eigenvalue weighted by atomic mass is 16.6. The third-order valence-corrected chi connectivity index (χ3v) is 4.32. The average molecular weight is 384 g/mol. The van der Waals surface area contributed by atoms with Crippen LogP contribution in [0.15, 0.2) is 36.7 Å². The molecule has 1 amide bonds. The molecular weight excluding hydrogens is 356 g/mol. The van der Waals surface area contributed by atoms with Crippen molar-refractivity contribution in [2.24, 2.45) is 0 Å². The molecule has 1 saturated heterocycles. The molecule has 1 fully saturated rings. The summed E-state index contributed by atoms with van der Waals surface area (Å²) >= 11 is 0. The SMILES string of the molecule is CN(Cc1cccc(-c2cnc(N3CCOCC3)nc2)c1)C(=O)OC(C)(C)C. The van der Waals surface area contributed by atoms with Crippen molar-refractivity contribution >= 4 is 12.0 Å². The fourth-order valence-electron chi connectivity index (χ4n) is 2.92. The molecule has 2 aromatic rings. The van der Waals surface area contributed by atoms with Gasteiger partial charge in [0.2, 0.25) is 5.95 Å². The Morgan fingerprint density at radius 2 is 1.86 bits per heavy atom. The van der Waals surface area contributed by atoms with Gasteiger partial charge in [0, 0.05) is 44.6 Å². The first-order valence-corrected chi connectivity index (χ1v) is 9.50. The van der Waals surface area contributed by atoms with Gasteiger partial charge in [0.25, 0.3) is 0 Å². The molecular formula is C21H28N4O3. The van der Waals surface area contributed by atoms with Crippen molar-refractivity contribution in [3.8, 4) is 11.1 Å². The number of nitrogens with zero attached hydrogens (tertiary/aromatic N) is 4. The van der Waals surface area contributed by atoms with Crippen LogP contribution in [-0.2, 0) is 16.0 Å². The monoisotopic (exact) mass is 384 g/mol. The van der Waals surface area contributed by atoms with Gasteiger partial charge < -0.3 is 19.3 Å². The number of ether oxygens (including phenoxy) is 2. The lowest BCUT2D eigenvalue weighted by Gasteiger charge is -2.26.